The molecule has 1 aromatic carbocycles. The lowest BCUT2D eigenvalue weighted by Gasteiger charge is -2.30. The van der Waals surface area contributed by atoms with Crippen molar-refractivity contribution in [3.8, 4) is 17.4 Å². The van der Waals surface area contributed by atoms with Crippen molar-refractivity contribution in [2.45, 2.75) is 30.9 Å². The second-order valence-electron chi connectivity index (χ2n) is 6.15. The third kappa shape index (κ3) is 1.96. The maximum Gasteiger partial charge on any atom is 0.419 e. The van der Waals surface area contributed by atoms with E-state index in [-0.39, 0.29) is 29.3 Å². The average molecular weight is 339 g/mol. The first-order chi connectivity index (χ1) is 11.3. The maximum atomic E-state index is 13.5. The molecule has 0 aliphatic heterocycles. The molecule has 24 heavy (non-hydrogen) atoms. The van der Waals surface area contributed by atoms with Gasteiger partial charge in [0.25, 0.3) is 0 Å². The lowest BCUT2D eigenvalue weighted by Crippen LogP contribution is -2.15. The van der Waals surface area contributed by atoms with Crippen molar-refractivity contribution < 1.29 is 27.8 Å². The number of rotatable bonds is 1. The van der Waals surface area contributed by atoms with Crippen LogP contribution in [0.15, 0.2) is 30.4 Å². The van der Waals surface area contributed by atoms with E-state index in [9.17, 15) is 27.8 Å². The molecular formula is C17H13F4NO2. The van der Waals surface area contributed by atoms with Gasteiger partial charge in [0.2, 0.25) is 11.8 Å². The number of hydrogen-bond acceptors (Lipinski definition) is 2. The summed E-state index contributed by atoms with van der Waals surface area (Å²) < 4.78 is 53.2. The molecule has 0 fully saturated rings. The molecule has 2 bridgehead atoms. The van der Waals surface area contributed by atoms with E-state index in [2.05, 4.69) is 0 Å². The minimum atomic E-state index is -4.86. The molecule has 0 radical (unpaired) electrons. The highest BCUT2D eigenvalue weighted by Crippen LogP contribution is 2.54. The molecule has 2 atom stereocenters. The molecule has 126 valence electrons. The predicted molar refractivity (Wildman–Crippen MR) is 77.9 cm³/mol. The van der Waals surface area contributed by atoms with E-state index in [1.54, 1.807) is 0 Å². The SMILES string of the molecule is Oc1c2c(c(O)n1-c1ccc(F)c(C(F)(F)F)c1)[C@H]1C=C[C@@H]2CC1. The maximum absolute atomic E-state index is 13.5. The molecule has 0 saturated heterocycles. The number of allylic oxidation sites excluding steroid dienone is 2. The molecule has 0 amide bonds. The summed E-state index contributed by atoms with van der Waals surface area (Å²) in [6.07, 6.45) is 0.626. The Morgan fingerprint density at radius 1 is 0.958 bits per heavy atom. The standard InChI is InChI=1S/C17H13F4NO2/c18-12-6-5-10(7-11(12)17(19,20)21)22-15(23)13-8-1-2-9(4-3-8)14(13)16(22)24/h1-2,5-9,23-24H,3-4H2/t8-,9+. The molecule has 0 unspecified atom stereocenters. The van der Waals surface area contributed by atoms with Crippen LogP contribution in [0.25, 0.3) is 5.69 Å². The molecule has 1 aromatic heterocycles. The molecule has 2 aromatic rings. The number of alkyl halides is 3. The smallest absolute Gasteiger partial charge is 0.419 e. The van der Waals surface area contributed by atoms with Gasteiger partial charge in [-0.2, -0.15) is 13.2 Å². The van der Waals surface area contributed by atoms with Crippen molar-refractivity contribution in [1.82, 2.24) is 4.57 Å². The Morgan fingerprint density at radius 2 is 1.50 bits per heavy atom. The van der Waals surface area contributed by atoms with Crippen LogP contribution in [-0.4, -0.2) is 14.8 Å². The van der Waals surface area contributed by atoms with Crippen molar-refractivity contribution in [3.63, 3.8) is 0 Å². The Kier molecular flexibility index (Phi) is 3.01. The Balaban J connectivity index is 1.92. The number of hydrogen-bond donors (Lipinski definition) is 2. The van der Waals surface area contributed by atoms with Gasteiger partial charge in [-0.05, 0) is 31.0 Å². The van der Waals surface area contributed by atoms with E-state index in [4.69, 9.17) is 0 Å². The summed E-state index contributed by atoms with van der Waals surface area (Å²) in [6.45, 7) is 0. The van der Waals surface area contributed by atoms with Gasteiger partial charge in [-0.3, -0.25) is 4.57 Å². The first-order valence-electron chi connectivity index (χ1n) is 7.51. The van der Waals surface area contributed by atoms with Crippen LogP contribution in [0, 0.1) is 5.82 Å². The van der Waals surface area contributed by atoms with E-state index >= 15 is 0 Å². The van der Waals surface area contributed by atoms with Gasteiger partial charge in [0.15, 0.2) is 0 Å². The van der Waals surface area contributed by atoms with Crippen LogP contribution in [0.4, 0.5) is 17.6 Å². The second-order valence-corrected chi connectivity index (χ2v) is 6.15. The van der Waals surface area contributed by atoms with Gasteiger partial charge in [-0.25, -0.2) is 4.39 Å². The summed E-state index contributed by atoms with van der Waals surface area (Å²) in [7, 11) is 0. The zero-order valence-corrected chi connectivity index (χ0v) is 12.3. The highest BCUT2D eigenvalue weighted by Gasteiger charge is 2.39. The molecule has 2 N–H and O–H groups in total. The van der Waals surface area contributed by atoms with Gasteiger partial charge in [0.05, 0.1) is 11.3 Å². The monoisotopic (exact) mass is 339 g/mol. The van der Waals surface area contributed by atoms with Crippen molar-refractivity contribution in [1.29, 1.82) is 0 Å². The molecule has 3 nitrogen and oxygen atoms in total. The normalized spacial score (nSPS) is 22.0. The zero-order chi connectivity index (χ0) is 17.2. The summed E-state index contributed by atoms with van der Waals surface area (Å²) in [5, 5.41) is 21.0. The minimum Gasteiger partial charge on any atom is -0.494 e. The van der Waals surface area contributed by atoms with Crippen LogP contribution in [-0.2, 0) is 6.18 Å². The summed E-state index contributed by atoms with van der Waals surface area (Å²) in [5.41, 5.74) is -0.479. The Labute approximate surface area is 134 Å². The largest absolute Gasteiger partial charge is 0.494 e. The number of fused-ring (bicyclic) bond motifs is 1. The third-order valence-electron chi connectivity index (χ3n) is 4.82. The van der Waals surface area contributed by atoms with E-state index in [1.165, 1.54) is 0 Å². The highest BCUT2D eigenvalue weighted by atomic mass is 19.4. The van der Waals surface area contributed by atoms with Gasteiger partial charge in [0, 0.05) is 23.0 Å². The van der Waals surface area contributed by atoms with Gasteiger partial charge in [0.1, 0.15) is 5.82 Å². The number of aromatic nitrogens is 1. The van der Waals surface area contributed by atoms with Gasteiger partial charge in [-0.1, -0.05) is 12.2 Å². The molecule has 1 heterocycles. The lowest BCUT2D eigenvalue weighted by molar-refractivity contribution is -0.140. The van der Waals surface area contributed by atoms with E-state index in [0.29, 0.717) is 23.3 Å². The summed E-state index contributed by atoms with van der Waals surface area (Å²) >= 11 is 0. The quantitative estimate of drug-likeness (QED) is 0.590. The van der Waals surface area contributed by atoms with E-state index < -0.39 is 17.6 Å². The average Bonchev–Trinajstić information content (AvgIpc) is 2.82. The Hall–Kier alpha value is -2.44. The summed E-state index contributed by atoms with van der Waals surface area (Å²) in [5.74, 6) is -2.12. The fraction of sp³-hybridized carbons (Fsp3) is 0.294. The summed E-state index contributed by atoms with van der Waals surface area (Å²) in [4.78, 5) is 0. The topological polar surface area (TPSA) is 45.4 Å². The van der Waals surface area contributed by atoms with Crippen molar-refractivity contribution >= 4 is 0 Å². The second kappa shape index (κ2) is 4.78. The molecule has 0 spiro atoms. The number of benzene rings is 1. The first kappa shape index (κ1) is 15.1. The molecule has 5 rings (SSSR count). The van der Waals surface area contributed by atoms with Gasteiger partial charge < -0.3 is 10.2 Å². The number of nitrogens with zero attached hydrogens (tertiary/aromatic N) is 1. The lowest BCUT2D eigenvalue weighted by atomic mass is 9.73. The third-order valence-corrected chi connectivity index (χ3v) is 4.82. The molecule has 0 saturated carbocycles. The Morgan fingerprint density at radius 3 is 1.96 bits per heavy atom. The molecular weight excluding hydrogens is 326 g/mol. The highest BCUT2D eigenvalue weighted by molar-refractivity contribution is 5.60. The van der Waals surface area contributed by atoms with E-state index in [1.807, 2.05) is 12.2 Å². The fourth-order valence-corrected chi connectivity index (χ4v) is 3.73. The van der Waals surface area contributed by atoms with Crippen molar-refractivity contribution in [3.05, 3.63) is 52.9 Å². The summed E-state index contributed by atoms with van der Waals surface area (Å²) in [6, 6.07) is 2.38. The number of aromatic hydroxyl groups is 2. The van der Waals surface area contributed by atoms with E-state index in [0.717, 1.165) is 23.5 Å². The van der Waals surface area contributed by atoms with Crippen molar-refractivity contribution in [2.75, 3.05) is 0 Å². The van der Waals surface area contributed by atoms with Gasteiger partial charge in [-0.15, -0.1) is 0 Å². The fourth-order valence-electron chi connectivity index (χ4n) is 3.73. The molecule has 3 aliphatic rings. The molecule has 3 aliphatic carbocycles. The zero-order valence-electron chi connectivity index (χ0n) is 12.3. The predicted octanol–water partition coefficient (Wildman–Crippen LogP) is 4.58. The Bertz CT molecular complexity index is 829. The first-order valence-corrected chi connectivity index (χ1v) is 7.51. The number of halogens is 4. The van der Waals surface area contributed by atoms with Crippen LogP contribution in [0.5, 0.6) is 11.8 Å². The van der Waals surface area contributed by atoms with Crippen LogP contribution < -0.4 is 0 Å². The van der Waals surface area contributed by atoms with Crippen LogP contribution >= 0.6 is 0 Å². The van der Waals surface area contributed by atoms with Crippen molar-refractivity contribution in [2.24, 2.45) is 0 Å². The minimum absolute atomic E-state index is 0.0697. The van der Waals surface area contributed by atoms with Crippen LogP contribution in [0.1, 0.15) is 41.4 Å². The van der Waals surface area contributed by atoms with Crippen LogP contribution in [0.2, 0.25) is 0 Å². The molecule has 7 heteroatoms. The van der Waals surface area contributed by atoms with Gasteiger partial charge >= 0.3 is 6.18 Å². The van der Waals surface area contributed by atoms with Crippen LogP contribution in [0.3, 0.4) is 0 Å².